The van der Waals surface area contributed by atoms with Gasteiger partial charge in [0.05, 0.1) is 50.3 Å². The standard InChI is InChI=1S/C24H23ClN2O8S/c1-32-20-10-9-16(11-19(20)26-23(28)14-5-7-15(25)8-6-14)36(30,31)27-18-13-22(34-3)21(33-2)12-17(18)24(29)35-4/h5-13,27H,1-4H3,(H,26,28). The summed E-state index contributed by atoms with van der Waals surface area (Å²) in [5.41, 5.74) is 0.229. The van der Waals surface area contributed by atoms with Crippen LogP contribution in [0.2, 0.25) is 5.02 Å². The van der Waals surface area contributed by atoms with Gasteiger partial charge in [-0.3, -0.25) is 9.52 Å². The lowest BCUT2D eigenvalue weighted by atomic mass is 10.1. The van der Waals surface area contributed by atoms with Crippen molar-refractivity contribution in [2.24, 2.45) is 0 Å². The van der Waals surface area contributed by atoms with Crippen LogP contribution in [-0.2, 0) is 14.8 Å². The Hall–Kier alpha value is -3.96. The molecule has 0 aliphatic heterocycles. The maximum atomic E-state index is 13.3. The third kappa shape index (κ3) is 5.81. The predicted octanol–water partition coefficient (Wildman–Crippen LogP) is 4.21. The van der Waals surface area contributed by atoms with Gasteiger partial charge >= 0.3 is 5.97 Å². The highest BCUT2D eigenvalue weighted by Gasteiger charge is 2.24. The van der Waals surface area contributed by atoms with Crippen molar-refractivity contribution in [2.45, 2.75) is 4.90 Å². The van der Waals surface area contributed by atoms with E-state index < -0.39 is 21.9 Å². The van der Waals surface area contributed by atoms with Crippen molar-refractivity contribution in [3.05, 3.63) is 70.7 Å². The van der Waals surface area contributed by atoms with Crippen LogP contribution in [0.1, 0.15) is 20.7 Å². The highest BCUT2D eigenvalue weighted by Crippen LogP contribution is 2.35. The first kappa shape index (κ1) is 26.6. The zero-order valence-corrected chi connectivity index (χ0v) is 21.3. The number of hydrogen-bond donors (Lipinski definition) is 2. The minimum Gasteiger partial charge on any atom is -0.495 e. The quantitative estimate of drug-likeness (QED) is 0.391. The summed E-state index contributed by atoms with van der Waals surface area (Å²) in [6.45, 7) is 0. The monoisotopic (exact) mass is 534 g/mol. The van der Waals surface area contributed by atoms with Crippen molar-refractivity contribution in [3.63, 3.8) is 0 Å². The number of benzene rings is 3. The molecule has 3 aromatic carbocycles. The summed E-state index contributed by atoms with van der Waals surface area (Å²) in [5, 5.41) is 3.10. The highest BCUT2D eigenvalue weighted by atomic mass is 35.5. The number of nitrogens with one attached hydrogen (secondary N) is 2. The van der Waals surface area contributed by atoms with E-state index in [4.69, 9.17) is 30.5 Å². The largest absolute Gasteiger partial charge is 0.495 e. The van der Waals surface area contributed by atoms with Crippen molar-refractivity contribution in [2.75, 3.05) is 38.5 Å². The Morgan fingerprint density at radius 2 is 1.39 bits per heavy atom. The van der Waals surface area contributed by atoms with Gasteiger partial charge in [0.15, 0.2) is 11.5 Å². The fourth-order valence-electron chi connectivity index (χ4n) is 3.19. The first-order valence-corrected chi connectivity index (χ1v) is 12.1. The molecule has 3 rings (SSSR count). The molecule has 1 amide bonds. The number of carbonyl (C=O) groups excluding carboxylic acids is 2. The predicted molar refractivity (Wildman–Crippen MR) is 134 cm³/mol. The van der Waals surface area contributed by atoms with Crippen molar-refractivity contribution >= 4 is 44.9 Å². The van der Waals surface area contributed by atoms with Crippen molar-refractivity contribution < 1.29 is 37.0 Å². The van der Waals surface area contributed by atoms with Gasteiger partial charge in [0.2, 0.25) is 0 Å². The molecule has 0 atom stereocenters. The second kappa shape index (κ2) is 11.2. The Bertz CT molecular complexity index is 1390. The lowest BCUT2D eigenvalue weighted by Gasteiger charge is -2.16. The fraction of sp³-hybridized carbons (Fsp3) is 0.167. The van der Waals surface area contributed by atoms with Crippen molar-refractivity contribution in [1.82, 2.24) is 0 Å². The summed E-state index contributed by atoms with van der Waals surface area (Å²) in [6, 6.07) is 12.7. The zero-order valence-electron chi connectivity index (χ0n) is 19.7. The normalized spacial score (nSPS) is 10.8. The molecule has 12 heteroatoms. The second-order valence-corrected chi connectivity index (χ2v) is 9.29. The van der Waals surface area contributed by atoms with Crippen LogP contribution in [0.3, 0.4) is 0 Å². The molecule has 0 heterocycles. The Morgan fingerprint density at radius 1 is 0.778 bits per heavy atom. The molecule has 0 saturated carbocycles. The summed E-state index contributed by atoms with van der Waals surface area (Å²) in [4.78, 5) is 24.8. The van der Waals surface area contributed by atoms with Gasteiger partial charge in [0, 0.05) is 22.7 Å². The lowest BCUT2D eigenvalue weighted by molar-refractivity contribution is 0.0601. The number of esters is 1. The molecule has 2 N–H and O–H groups in total. The van der Waals surface area contributed by atoms with Crippen LogP contribution in [0, 0.1) is 0 Å². The minimum atomic E-state index is -4.25. The molecule has 0 bridgehead atoms. The van der Waals surface area contributed by atoms with E-state index in [0.717, 1.165) is 7.11 Å². The number of amides is 1. The fourth-order valence-corrected chi connectivity index (χ4v) is 4.42. The van der Waals surface area contributed by atoms with Crippen molar-refractivity contribution in [3.8, 4) is 17.2 Å². The molecule has 0 aromatic heterocycles. The number of carbonyl (C=O) groups is 2. The molecule has 0 unspecified atom stereocenters. The lowest BCUT2D eigenvalue weighted by Crippen LogP contribution is -2.18. The van der Waals surface area contributed by atoms with Gasteiger partial charge in [0.1, 0.15) is 5.75 Å². The van der Waals surface area contributed by atoms with Gasteiger partial charge in [-0.05, 0) is 42.5 Å². The molecule has 3 aromatic rings. The third-order valence-corrected chi connectivity index (χ3v) is 6.62. The molecule has 0 spiro atoms. The van der Waals surface area contributed by atoms with E-state index in [0.29, 0.717) is 10.6 Å². The number of sulfonamides is 1. The van der Waals surface area contributed by atoms with Gasteiger partial charge in [-0.25, -0.2) is 13.2 Å². The van der Waals surface area contributed by atoms with Crippen LogP contribution in [-0.4, -0.2) is 48.7 Å². The van der Waals surface area contributed by atoms with Crippen LogP contribution in [0.5, 0.6) is 17.2 Å². The third-order valence-electron chi connectivity index (χ3n) is 5.01. The Kier molecular flexibility index (Phi) is 8.28. The van der Waals surface area contributed by atoms with E-state index in [1.165, 1.54) is 63.8 Å². The second-order valence-electron chi connectivity index (χ2n) is 7.17. The van der Waals surface area contributed by atoms with Crippen molar-refractivity contribution in [1.29, 1.82) is 0 Å². The van der Waals surface area contributed by atoms with Gasteiger partial charge in [-0.1, -0.05) is 11.6 Å². The van der Waals surface area contributed by atoms with E-state index >= 15 is 0 Å². The molecule has 0 fully saturated rings. The van der Waals surface area contributed by atoms with Gasteiger partial charge in [-0.2, -0.15) is 0 Å². The van der Waals surface area contributed by atoms with Gasteiger partial charge in [-0.15, -0.1) is 0 Å². The molecule has 10 nitrogen and oxygen atoms in total. The summed E-state index contributed by atoms with van der Waals surface area (Å²) < 4.78 is 49.3. The van der Waals surface area contributed by atoms with E-state index in [1.807, 2.05) is 0 Å². The first-order valence-electron chi connectivity index (χ1n) is 10.3. The summed E-state index contributed by atoms with van der Waals surface area (Å²) in [7, 11) is 1.03. The molecule has 0 radical (unpaired) electrons. The Balaban J connectivity index is 1.99. The van der Waals surface area contributed by atoms with Crippen LogP contribution in [0.25, 0.3) is 0 Å². The zero-order chi connectivity index (χ0) is 26.5. The van der Waals surface area contributed by atoms with Crippen LogP contribution < -0.4 is 24.2 Å². The number of methoxy groups -OCH3 is 4. The first-order chi connectivity index (χ1) is 17.1. The number of halogens is 1. The number of hydrogen-bond acceptors (Lipinski definition) is 8. The molecule has 0 saturated heterocycles. The van der Waals surface area contributed by atoms with Crippen LogP contribution in [0.4, 0.5) is 11.4 Å². The van der Waals surface area contributed by atoms with E-state index in [9.17, 15) is 18.0 Å². The SMILES string of the molecule is COC(=O)c1cc(OC)c(OC)cc1NS(=O)(=O)c1ccc(OC)c(NC(=O)c2ccc(Cl)cc2)c1. The number of rotatable bonds is 9. The Morgan fingerprint density at radius 3 is 1.97 bits per heavy atom. The maximum Gasteiger partial charge on any atom is 0.340 e. The molecular weight excluding hydrogens is 512 g/mol. The minimum absolute atomic E-state index is 0.0940. The van der Waals surface area contributed by atoms with Crippen LogP contribution >= 0.6 is 11.6 Å². The summed E-state index contributed by atoms with van der Waals surface area (Å²) >= 11 is 5.87. The number of ether oxygens (including phenoxy) is 4. The highest BCUT2D eigenvalue weighted by molar-refractivity contribution is 7.92. The maximum absolute atomic E-state index is 13.3. The molecule has 190 valence electrons. The average Bonchev–Trinajstić information content (AvgIpc) is 2.87. The van der Waals surface area contributed by atoms with Crippen LogP contribution in [0.15, 0.2) is 59.5 Å². The summed E-state index contributed by atoms with van der Waals surface area (Å²) in [6.07, 6.45) is 0. The number of anilines is 2. The summed E-state index contributed by atoms with van der Waals surface area (Å²) in [5.74, 6) is -0.664. The van der Waals surface area contributed by atoms with E-state index in [1.54, 1.807) is 12.1 Å². The van der Waals surface area contributed by atoms with Gasteiger partial charge in [0.25, 0.3) is 15.9 Å². The smallest absolute Gasteiger partial charge is 0.340 e. The topological polar surface area (TPSA) is 129 Å². The average molecular weight is 535 g/mol. The molecule has 36 heavy (non-hydrogen) atoms. The Labute approximate surface area is 213 Å². The van der Waals surface area contributed by atoms with E-state index in [2.05, 4.69) is 10.0 Å². The molecule has 0 aliphatic rings. The molecule has 0 aliphatic carbocycles. The van der Waals surface area contributed by atoms with E-state index in [-0.39, 0.29) is 39.1 Å². The van der Waals surface area contributed by atoms with Gasteiger partial charge < -0.3 is 24.3 Å². The molecular formula is C24H23ClN2O8S.